The minimum Gasteiger partial charge on any atom is -0.362 e. The van der Waals surface area contributed by atoms with Crippen LogP contribution in [0.5, 0.6) is 0 Å². The largest absolute Gasteiger partial charge is 0.362 e. The molecule has 0 amide bonds. The summed E-state index contributed by atoms with van der Waals surface area (Å²) in [7, 11) is 0. The lowest BCUT2D eigenvalue weighted by molar-refractivity contribution is 0.104. The van der Waals surface area contributed by atoms with E-state index in [0.29, 0.717) is 15.6 Å². The van der Waals surface area contributed by atoms with Crippen molar-refractivity contribution in [2.75, 3.05) is 10.6 Å². The van der Waals surface area contributed by atoms with Crippen LogP contribution in [0.2, 0.25) is 10.0 Å². The molecule has 0 radical (unpaired) electrons. The van der Waals surface area contributed by atoms with E-state index in [1.165, 1.54) is 6.08 Å². The summed E-state index contributed by atoms with van der Waals surface area (Å²) in [5.74, 6) is -0.154. The van der Waals surface area contributed by atoms with E-state index in [-0.39, 0.29) is 5.78 Å². The lowest BCUT2D eigenvalue weighted by Crippen LogP contribution is -1.96. The van der Waals surface area contributed by atoms with Gasteiger partial charge >= 0.3 is 0 Å². The molecular weight excluding hydrogens is 367 g/mol. The number of rotatable bonds is 6. The Labute approximate surface area is 162 Å². The highest BCUT2D eigenvalue weighted by molar-refractivity contribution is 6.42. The average Bonchev–Trinajstić information content (AvgIpc) is 2.66. The summed E-state index contributed by atoms with van der Waals surface area (Å²) in [6.45, 7) is 0. The number of benzene rings is 3. The summed E-state index contributed by atoms with van der Waals surface area (Å²) in [6, 6.07) is 22.5. The predicted octanol–water partition coefficient (Wildman–Crippen LogP) is 6.55. The number of hydrogen-bond donors (Lipinski definition) is 2. The summed E-state index contributed by atoms with van der Waals surface area (Å²) in [6.07, 6.45) is 3.06. The van der Waals surface area contributed by atoms with Gasteiger partial charge in [-0.15, -0.1) is 0 Å². The van der Waals surface area contributed by atoms with E-state index in [2.05, 4.69) is 10.6 Å². The van der Waals surface area contributed by atoms with E-state index in [1.54, 1.807) is 24.4 Å². The van der Waals surface area contributed by atoms with Crippen LogP contribution < -0.4 is 10.6 Å². The molecular formula is C21H16Cl2N2O. The highest BCUT2D eigenvalue weighted by Crippen LogP contribution is 2.23. The summed E-state index contributed by atoms with van der Waals surface area (Å²) < 4.78 is 0. The third-order valence-corrected chi connectivity index (χ3v) is 4.38. The van der Waals surface area contributed by atoms with Gasteiger partial charge in [0.1, 0.15) is 0 Å². The Hall–Kier alpha value is -2.75. The van der Waals surface area contributed by atoms with E-state index in [0.717, 1.165) is 17.1 Å². The fourth-order valence-corrected chi connectivity index (χ4v) is 2.60. The molecule has 3 nitrogen and oxygen atoms in total. The summed E-state index contributed by atoms with van der Waals surface area (Å²) in [5, 5.41) is 7.17. The molecule has 0 bridgehead atoms. The zero-order chi connectivity index (χ0) is 18.4. The molecule has 0 aliphatic heterocycles. The monoisotopic (exact) mass is 382 g/mol. The van der Waals surface area contributed by atoms with Crippen LogP contribution in [0, 0.1) is 0 Å². The zero-order valence-electron chi connectivity index (χ0n) is 13.7. The van der Waals surface area contributed by atoms with Crippen molar-refractivity contribution in [1.82, 2.24) is 0 Å². The van der Waals surface area contributed by atoms with Crippen molar-refractivity contribution < 1.29 is 4.79 Å². The molecule has 3 aromatic carbocycles. The molecule has 0 aromatic heterocycles. The highest BCUT2D eigenvalue weighted by Gasteiger charge is 2.05. The molecule has 0 saturated carbocycles. The Bertz CT molecular complexity index is 923. The first-order valence-electron chi connectivity index (χ1n) is 7.96. The van der Waals surface area contributed by atoms with Gasteiger partial charge in [-0.05, 0) is 54.6 Å². The third-order valence-electron chi connectivity index (χ3n) is 3.64. The van der Waals surface area contributed by atoms with E-state index in [4.69, 9.17) is 23.2 Å². The van der Waals surface area contributed by atoms with Crippen LogP contribution in [-0.4, -0.2) is 5.78 Å². The van der Waals surface area contributed by atoms with Crippen LogP contribution >= 0.6 is 23.2 Å². The molecule has 3 aromatic rings. The van der Waals surface area contributed by atoms with Crippen molar-refractivity contribution in [1.29, 1.82) is 0 Å². The summed E-state index contributed by atoms with van der Waals surface area (Å²) in [4.78, 5) is 12.1. The molecule has 0 heterocycles. The molecule has 0 aliphatic carbocycles. The molecule has 0 saturated heterocycles. The molecule has 26 heavy (non-hydrogen) atoms. The van der Waals surface area contributed by atoms with Crippen molar-refractivity contribution >= 4 is 46.0 Å². The summed E-state index contributed by atoms with van der Waals surface area (Å²) in [5.41, 5.74) is 3.37. The van der Waals surface area contributed by atoms with Gasteiger partial charge in [0.2, 0.25) is 0 Å². The van der Waals surface area contributed by atoms with Crippen LogP contribution in [-0.2, 0) is 0 Å². The molecule has 2 N–H and O–H groups in total. The third kappa shape index (κ3) is 4.88. The number of anilines is 3. The molecule has 0 spiro atoms. The van der Waals surface area contributed by atoms with Crippen molar-refractivity contribution in [3.63, 3.8) is 0 Å². The minimum atomic E-state index is -0.154. The second-order valence-electron chi connectivity index (χ2n) is 5.54. The number of para-hydroxylation sites is 1. The van der Waals surface area contributed by atoms with Crippen molar-refractivity contribution in [2.24, 2.45) is 0 Å². The van der Waals surface area contributed by atoms with E-state index in [1.807, 2.05) is 54.6 Å². The number of carbonyl (C=O) groups excluding carboxylic acids is 1. The molecule has 0 unspecified atom stereocenters. The van der Waals surface area contributed by atoms with E-state index >= 15 is 0 Å². The Kier molecular flexibility index (Phi) is 5.95. The fraction of sp³-hybridized carbons (Fsp3) is 0. The number of hydrogen-bond acceptors (Lipinski definition) is 3. The first kappa shape index (κ1) is 18.1. The Morgan fingerprint density at radius 2 is 1.42 bits per heavy atom. The Morgan fingerprint density at radius 1 is 0.769 bits per heavy atom. The SMILES string of the molecule is O=C(C=CNc1ccc(Nc2ccccc2)cc1)c1ccc(Cl)c(Cl)c1. The van der Waals surface area contributed by atoms with Gasteiger partial charge in [0.25, 0.3) is 0 Å². The molecule has 0 aliphatic rings. The predicted molar refractivity (Wildman–Crippen MR) is 110 cm³/mol. The molecule has 3 rings (SSSR count). The van der Waals surface area contributed by atoms with Gasteiger partial charge in [-0.25, -0.2) is 0 Å². The van der Waals surface area contributed by atoms with Gasteiger partial charge < -0.3 is 10.6 Å². The van der Waals surface area contributed by atoms with Gasteiger partial charge in [0.15, 0.2) is 5.78 Å². The first-order valence-corrected chi connectivity index (χ1v) is 8.72. The van der Waals surface area contributed by atoms with E-state index < -0.39 is 0 Å². The molecule has 0 atom stereocenters. The van der Waals surface area contributed by atoms with Gasteiger partial charge in [0, 0.05) is 34.9 Å². The Balaban J connectivity index is 1.58. The van der Waals surface area contributed by atoms with Gasteiger partial charge in [0.05, 0.1) is 10.0 Å². The lowest BCUT2D eigenvalue weighted by atomic mass is 10.1. The number of halogens is 2. The average molecular weight is 383 g/mol. The summed E-state index contributed by atoms with van der Waals surface area (Å²) >= 11 is 11.8. The Morgan fingerprint density at radius 3 is 2.12 bits per heavy atom. The number of nitrogens with one attached hydrogen (secondary N) is 2. The lowest BCUT2D eigenvalue weighted by Gasteiger charge is -2.07. The van der Waals surface area contributed by atoms with E-state index in [9.17, 15) is 4.79 Å². The maximum absolute atomic E-state index is 12.1. The molecule has 0 fully saturated rings. The second-order valence-corrected chi connectivity index (χ2v) is 6.35. The van der Waals surface area contributed by atoms with Gasteiger partial charge in [-0.1, -0.05) is 41.4 Å². The number of carbonyl (C=O) groups is 1. The van der Waals surface area contributed by atoms with Crippen molar-refractivity contribution in [2.45, 2.75) is 0 Å². The zero-order valence-corrected chi connectivity index (χ0v) is 15.3. The highest BCUT2D eigenvalue weighted by atomic mass is 35.5. The topological polar surface area (TPSA) is 41.1 Å². The molecule has 130 valence electrons. The maximum Gasteiger partial charge on any atom is 0.187 e. The number of ketones is 1. The van der Waals surface area contributed by atoms with Crippen molar-refractivity contribution in [3.8, 4) is 0 Å². The van der Waals surface area contributed by atoms with Gasteiger partial charge in [-0.3, -0.25) is 4.79 Å². The number of allylic oxidation sites excluding steroid dienone is 1. The fourth-order valence-electron chi connectivity index (χ4n) is 2.30. The normalized spacial score (nSPS) is 10.7. The van der Waals surface area contributed by atoms with Crippen LogP contribution in [0.3, 0.4) is 0 Å². The smallest absolute Gasteiger partial charge is 0.187 e. The van der Waals surface area contributed by atoms with Crippen LogP contribution in [0.25, 0.3) is 0 Å². The van der Waals surface area contributed by atoms with Crippen LogP contribution in [0.15, 0.2) is 85.1 Å². The van der Waals surface area contributed by atoms with Gasteiger partial charge in [-0.2, -0.15) is 0 Å². The molecule has 5 heteroatoms. The van der Waals surface area contributed by atoms with Crippen molar-refractivity contribution in [3.05, 3.63) is 101 Å². The standard InChI is InChI=1S/C21H16Cl2N2O/c22-19-11-6-15(14-20(19)23)21(26)12-13-24-16-7-9-18(10-8-16)25-17-4-2-1-3-5-17/h1-14,24-25H. The van der Waals surface area contributed by atoms with Crippen LogP contribution in [0.1, 0.15) is 10.4 Å². The van der Waals surface area contributed by atoms with Crippen LogP contribution in [0.4, 0.5) is 17.1 Å². The maximum atomic E-state index is 12.1. The quantitative estimate of drug-likeness (QED) is 0.375. The second kappa shape index (κ2) is 8.56. The first-order chi connectivity index (χ1) is 12.6. The minimum absolute atomic E-state index is 0.154.